The molecule has 0 fully saturated rings. The molecule has 0 spiro atoms. The van der Waals surface area contributed by atoms with Crippen LogP contribution in [0.3, 0.4) is 0 Å². The minimum atomic E-state index is -0.706. The van der Waals surface area contributed by atoms with Gasteiger partial charge in [-0.05, 0) is 18.2 Å². The molecule has 0 saturated carbocycles. The van der Waals surface area contributed by atoms with E-state index >= 15 is 0 Å². The molecule has 3 aromatic heterocycles. The fraction of sp³-hybridized carbons (Fsp3) is 0.105. The molecule has 29 heavy (non-hydrogen) atoms. The van der Waals surface area contributed by atoms with Crippen molar-refractivity contribution in [2.45, 2.75) is 0 Å². The van der Waals surface area contributed by atoms with E-state index in [1.54, 1.807) is 30.3 Å². The number of nitriles is 1. The van der Waals surface area contributed by atoms with Crippen molar-refractivity contribution in [3.05, 3.63) is 68.0 Å². The molecule has 0 aliphatic rings. The Morgan fingerprint density at radius 3 is 2.48 bits per heavy atom. The van der Waals surface area contributed by atoms with Gasteiger partial charge in [-0.3, -0.25) is 13.9 Å². The van der Waals surface area contributed by atoms with Crippen molar-refractivity contribution in [3.8, 4) is 34.5 Å². The van der Waals surface area contributed by atoms with Gasteiger partial charge in [-0.1, -0.05) is 23.7 Å². The Balaban J connectivity index is 2.13. The largest absolute Gasteiger partial charge is 0.494 e. The third-order valence-electron chi connectivity index (χ3n) is 4.62. The van der Waals surface area contributed by atoms with Crippen molar-refractivity contribution in [3.63, 3.8) is 0 Å². The summed E-state index contributed by atoms with van der Waals surface area (Å²) in [5.74, 6) is -0.518. The molecular weight excluding hydrogens is 396 g/mol. The van der Waals surface area contributed by atoms with Gasteiger partial charge in [-0.25, -0.2) is 14.3 Å². The predicted molar refractivity (Wildman–Crippen MR) is 106 cm³/mol. The van der Waals surface area contributed by atoms with Gasteiger partial charge in [0.1, 0.15) is 17.2 Å². The van der Waals surface area contributed by atoms with Crippen LogP contribution >= 0.6 is 11.6 Å². The van der Waals surface area contributed by atoms with Crippen LogP contribution in [0.2, 0.25) is 5.02 Å². The molecule has 0 atom stereocenters. The molecule has 4 rings (SSSR count). The molecule has 1 aromatic carbocycles. The highest BCUT2D eigenvalue weighted by Gasteiger charge is 2.21. The molecular formula is C19H13ClN6O3. The smallest absolute Gasteiger partial charge is 0.333 e. The van der Waals surface area contributed by atoms with E-state index in [2.05, 4.69) is 10.1 Å². The summed E-state index contributed by atoms with van der Waals surface area (Å²) in [7, 11) is 2.66. The monoisotopic (exact) mass is 408 g/mol. The molecule has 0 aliphatic carbocycles. The van der Waals surface area contributed by atoms with Gasteiger partial charge in [-0.15, -0.1) is 0 Å². The summed E-state index contributed by atoms with van der Waals surface area (Å²) < 4.78 is 3.30. The molecule has 10 heteroatoms. The average Bonchev–Trinajstić information content (AvgIpc) is 3.14. The second-order valence-corrected chi connectivity index (χ2v) is 6.78. The Bertz CT molecular complexity index is 1440. The van der Waals surface area contributed by atoms with Crippen molar-refractivity contribution in [1.82, 2.24) is 23.7 Å². The van der Waals surface area contributed by atoms with Crippen LogP contribution in [0.25, 0.3) is 28.2 Å². The summed E-state index contributed by atoms with van der Waals surface area (Å²) >= 11 is 5.97. The lowest BCUT2D eigenvalue weighted by atomic mass is 10.1. The first-order valence-corrected chi connectivity index (χ1v) is 8.75. The molecule has 3 heterocycles. The zero-order valence-electron chi connectivity index (χ0n) is 15.3. The van der Waals surface area contributed by atoms with Crippen LogP contribution in [-0.4, -0.2) is 28.8 Å². The topological polar surface area (TPSA) is 118 Å². The number of fused-ring (bicyclic) bond motifs is 1. The van der Waals surface area contributed by atoms with E-state index in [0.717, 1.165) is 9.13 Å². The van der Waals surface area contributed by atoms with Gasteiger partial charge >= 0.3 is 5.69 Å². The number of hydrogen-bond acceptors (Lipinski definition) is 6. The van der Waals surface area contributed by atoms with Crippen molar-refractivity contribution < 1.29 is 5.11 Å². The maximum absolute atomic E-state index is 12.7. The fourth-order valence-corrected chi connectivity index (χ4v) is 3.18. The highest BCUT2D eigenvalue weighted by atomic mass is 35.5. The fourth-order valence-electron chi connectivity index (χ4n) is 3.05. The predicted octanol–water partition coefficient (Wildman–Crippen LogP) is 1.69. The average molecular weight is 409 g/mol. The van der Waals surface area contributed by atoms with E-state index < -0.39 is 17.1 Å². The van der Waals surface area contributed by atoms with E-state index in [4.69, 9.17) is 11.6 Å². The molecule has 9 nitrogen and oxygen atoms in total. The highest BCUT2D eigenvalue weighted by molar-refractivity contribution is 6.30. The van der Waals surface area contributed by atoms with Crippen molar-refractivity contribution in [2.75, 3.05) is 0 Å². The molecule has 0 aliphatic heterocycles. The van der Waals surface area contributed by atoms with Crippen LogP contribution in [-0.2, 0) is 14.1 Å². The zero-order valence-corrected chi connectivity index (χ0v) is 16.0. The minimum absolute atomic E-state index is 0.105. The van der Waals surface area contributed by atoms with Gasteiger partial charge < -0.3 is 5.11 Å². The van der Waals surface area contributed by atoms with Crippen LogP contribution in [0.4, 0.5) is 0 Å². The molecule has 0 unspecified atom stereocenters. The first-order chi connectivity index (χ1) is 13.8. The van der Waals surface area contributed by atoms with Gasteiger partial charge in [0.2, 0.25) is 5.88 Å². The molecule has 0 amide bonds. The Hall–Kier alpha value is -3.90. The van der Waals surface area contributed by atoms with Crippen molar-refractivity contribution in [2.24, 2.45) is 14.1 Å². The Morgan fingerprint density at radius 2 is 1.83 bits per heavy atom. The molecule has 0 saturated heterocycles. The third kappa shape index (κ3) is 2.78. The molecule has 0 bridgehead atoms. The summed E-state index contributed by atoms with van der Waals surface area (Å²) in [5.41, 5.74) is 0.217. The normalized spacial score (nSPS) is 11.0. The Labute approximate surface area is 168 Å². The SMILES string of the molecule is Cn1c(O)c(-c2cc(-c3ccc(Cl)cc3)n3ncc(C#N)c3n2)c(=O)n(C)c1=O. The highest BCUT2D eigenvalue weighted by Crippen LogP contribution is 2.29. The maximum atomic E-state index is 12.7. The van der Waals surface area contributed by atoms with E-state index in [0.29, 0.717) is 16.3 Å². The van der Waals surface area contributed by atoms with E-state index in [1.807, 2.05) is 6.07 Å². The van der Waals surface area contributed by atoms with Gasteiger partial charge in [0.25, 0.3) is 5.56 Å². The number of nitrogens with zero attached hydrogens (tertiary/aromatic N) is 6. The summed E-state index contributed by atoms with van der Waals surface area (Å²) in [6.45, 7) is 0. The molecule has 1 N–H and O–H groups in total. The van der Waals surface area contributed by atoms with Crippen molar-refractivity contribution in [1.29, 1.82) is 5.26 Å². The maximum Gasteiger partial charge on any atom is 0.333 e. The lowest BCUT2D eigenvalue weighted by molar-refractivity contribution is 0.414. The number of benzene rings is 1. The number of aromatic hydroxyl groups is 1. The lowest BCUT2D eigenvalue weighted by Gasteiger charge is -2.12. The molecule has 144 valence electrons. The third-order valence-corrected chi connectivity index (χ3v) is 4.87. The van der Waals surface area contributed by atoms with Crippen LogP contribution in [0.5, 0.6) is 5.88 Å². The number of hydrogen-bond donors (Lipinski definition) is 1. The van der Waals surface area contributed by atoms with Crippen LogP contribution in [0.1, 0.15) is 5.56 Å². The minimum Gasteiger partial charge on any atom is -0.494 e. The molecule has 4 aromatic rings. The number of rotatable bonds is 2. The summed E-state index contributed by atoms with van der Waals surface area (Å²) in [5, 5.41) is 24.6. The Morgan fingerprint density at radius 1 is 1.14 bits per heavy atom. The van der Waals surface area contributed by atoms with Gasteiger partial charge in [0, 0.05) is 24.7 Å². The lowest BCUT2D eigenvalue weighted by Crippen LogP contribution is -2.37. The second kappa shape index (κ2) is 6.61. The van der Waals surface area contributed by atoms with E-state index in [9.17, 15) is 20.0 Å². The van der Waals surface area contributed by atoms with Gasteiger partial charge in [0.15, 0.2) is 5.65 Å². The van der Waals surface area contributed by atoms with Gasteiger partial charge in [0.05, 0.1) is 17.6 Å². The van der Waals surface area contributed by atoms with Crippen LogP contribution in [0.15, 0.2) is 46.1 Å². The van der Waals surface area contributed by atoms with Crippen LogP contribution < -0.4 is 11.2 Å². The quantitative estimate of drug-likeness (QED) is 0.539. The second-order valence-electron chi connectivity index (χ2n) is 6.34. The van der Waals surface area contributed by atoms with Gasteiger partial charge in [-0.2, -0.15) is 10.4 Å². The van der Waals surface area contributed by atoms with Crippen molar-refractivity contribution >= 4 is 17.2 Å². The molecule has 0 radical (unpaired) electrons. The van der Waals surface area contributed by atoms with Crippen LogP contribution in [0, 0.1) is 11.3 Å². The summed E-state index contributed by atoms with van der Waals surface area (Å²) in [6.07, 6.45) is 1.37. The first-order valence-electron chi connectivity index (χ1n) is 8.37. The van der Waals surface area contributed by atoms with E-state index in [-0.39, 0.29) is 22.5 Å². The standard InChI is InChI=1S/C19H13ClN6O3/c1-24-17(27)15(18(28)25(2)19(24)29)13-7-14(10-3-5-12(20)6-4-10)26-16(23-13)11(8-21)9-22-26/h3-7,9,27H,1-2H3. The zero-order chi connectivity index (χ0) is 20.9. The number of aromatic nitrogens is 5. The van der Waals surface area contributed by atoms with E-state index in [1.165, 1.54) is 24.8 Å². The Kier molecular flexibility index (Phi) is 4.21. The summed E-state index contributed by atoms with van der Waals surface area (Å²) in [6, 6.07) is 10.5. The summed E-state index contributed by atoms with van der Waals surface area (Å²) in [4.78, 5) is 29.2. The first kappa shape index (κ1) is 18.5. The number of halogens is 1.